The highest BCUT2D eigenvalue weighted by Crippen LogP contribution is 2.31. The van der Waals surface area contributed by atoms with Crippen molar-refractivity contribution in [1.29, 1.82) is 0 Å². The van der Waals surface area contributed by atoms with Crippen molar-refractivity contribution in [3.8, 4) is 0 Å². The summed E-state index contributed by atoms with van der Waals surface area (Å²) in [5.74, 6) is 0.523. The molecule has 0 spiro atoms. The second-order valence-electron chi connectivity index (χ2n) is 5.15. The highest BCUT2D eigenvalue weighted by Gasteiger charge is 2.30. The number of hydrogen-bond donors (Lipinski definition) is 1. The van der Waals surface area contributed by atoms with Crippen molar-refractivity contribution >= 4 is 10.0 Å². The molecule has 1 aromatic carbocycles. The molecule has 1 aliphatic rings. The summed E-state index contributed by atoms with van der Waals surface area (Å²) in [4.78, 5) is 0.272. The number of sulfonamides is 1. The van der Waals surface area contributed by atoms with Crippen LogP contribution in [0.3, 0.4) is 0 Å². The molecule has 1 aromatic rings. The minimum atomic E-state index is -3.44. The zero-order chi connectivity index (χ0) is 14.0. The van der Waals surface area contributed by atoms with Crippen molar-refractivity contribution in [2.24, 2.45) is 5.92 Å². The van der Waals surface area contributed by atoms with Gasteiger partial charge in [0.25, 0.3) is 0 Å². The smallest absolute Gasteiger partial charge is 0.243 e. The van der Waals surface area contributed by atoms with E-state index >= 15 is 0 Å². The zero-order valence-corrected chi connectivity index (χ0v) is 12.2. The first-order valence-corrected chi connectivity index (χ1v) is 8.17. The molecule has 1 saturated carbocycles. The standard InChI is InChI=1S/C14H21NO3S/c1-3-15(10-12-7-8-12)19(17,18)14-6-4-5-13(9-14)11(2)16/h4-6,9,11-12,16H,3,7-8,10H2,1-2H3. The molecule has 0 aliphatic heterocycles. The van der Waals surface area contributed by atoms with Gasteiger partial charge < -0.3 is 5.11 Å². The normalized spacial score (nSPS) is 17.7. The molecular formula is C14H21NO3S. The largest absolute Gasteiger partial charge is 0.389 e. The van der Waals surface area contributed by atoms with E-state index in [9.17, 15) is 13.5 Å². The molecule has 0 radical (unpaired) electrons. The van der Waals surface area contributed by atoms with Crippen LogP contribution in [0.1, 0.15) is 38.4 Å². The maximum Gasteiger partial charge on any atom is 0.243 e. The molecule has 0 bridgehead atoms. The van der Waals surface area contributed by atoms with E-state index in [0.717, 1.165) is 12.8 Å². The molecule has 1 fully saturated rings. The second kappa shape index (κ2) is 5.61. The van der Waals surface area contributed by atoms with E-state index in [1.54, 1.807) is 31.2 Å². The minimum Gasteiger partial charge on any atom is -0.389 e. The van der Waals surface area contributed by atoms with Crippen LogP contribution in [0, 0.1) is 5.92 Å². The van der Waals surface area contributed by atoms with E-state index in [4.69, 9.17) is 0 Å². The summed E-state index contributed by atoms with van der Waals surface area (Å²) in [6.07, 6.45) is 1.59. The van der Waals surface area contributed by atoms with Gasteiger partial charge in [-0.05, 0) is 43.4 Å². The summed E-state index contributed by atoms with van der Waals surface area (Å²) in [7, 11) is -3.44. The van der Waals surface area contributed by atoms with Gasteiger partial charge in [-0.15, -0.1) is 0 Å². The van der Waals surface area contributed by atoms with Crippen molar-refractivity contribution in [1.82, 2.24) is 4.31 Å². The van der Waals surface area contributed by atoms with Crippen LogP contribution in [0.4, 0.5) is 0 Å². The Morgan fingerprint density at radius 2 is 2.11 bits per heavy atom. The molecule has 1 unspecified atom stereocenters. The first kappa shape index (κ1) is 14.5. The van der Waals surface area contributed by atoms with Crippen LogP contribution >= 0.6 is 0 Å². The molecule has 1 N–H and O–H groups in total. The third kappa shape index (κ3) is 3.35. The lowest BCUT2D eigenvalue weighted by atomic mass is 10.1. The lowest BCUT2D eigenvalue weighted by molar-refractivity contribution is 0.199. The van der Waals surface area contributed by atoms with Crippen LogP contribution in [0.15, 0.2) is 29.2 Å². The first-order chi connectivity index (χ1) is 8.95. The molecule has 0 aromatic heterocycles. The molecule has 2 rings (SSSR count). The molecule has 19 heavy (non-hydrogen) atoms. The lowest BCUT2D eigenvalue weighted by Crippen LogP contribution is -2.32. The number of hydrogen-bond acceptors (Lipinski definition) is 3. The summed E-state index contributed by atoms with van der Waals surface area (Å²) >= 11 is 0. The summed E-state index contributed by atoms with van der Waals surface area (Å²) in [6, 6.07) is 6.58. The van der Waals surface area contributed by atoms with Crippen LogP contribution in [0.5, 0.6) is 0 Å². The molecular weight excluding hydrogens is 262 g/mol. The predicted octanol–water partition coefficient (Wildman–Crippen LogP) is 2.16. The van der Waals surface area contributed by atoms with E-state index < -0.39 is 16.1 Å². The van der Waals surface area contributed by atoms with Crippen LogP contribution in [-0.2, 0) is 10.0 Å². The van der Waals surface area contributed by atoms with Crippen molar-refractivity contribution in [3.63, 3.8) is 0 Å². The van der Waals surface area contributed by atoms with Crippen molar-refractivity contribution < 1.29 is 13.5 Å². The van der Waals surface area contributed by atoms with Gasteiger partial charge in [0.15, 0.2) is 0 Å². The Bertz CT molecular complexity index is 535. The quantitative estimate of drug-likeness (QED) is 0.870. The fourth-order valence-electron chi connectivity index (χ4n) is 2.07. The number of aliphatic hydroxyl groups is 1. The van der Waals surface area contributed by atoms with Gasteiger partial charge >= 0.3 is 0 Å². The van der Waals surface area contributed by atoms with E-state index in [0.29, 0.717) is 24.6 Å². The van der Waals surface area contributed by atoms with Gasteiger partial charge in [-0.3, -0.25) is 0 Å². The Morgan fingerprint density at radius 1 is 1.42 bits per heavy atom. The number of aliphatic hydroxyl groups excluding tert-OH is 1. The van der Waals surface area contributed by atoms with Crippen LogP contribution in [0.2, 0.25) is 0 Å². The average Bonchev–Trinajstić information content (AvgIpc) is 3.19. The lowest BCUT2D eigenvalue weighted by Gasteiger charge is -2.20. The third-order valence-electron chi connectivity index (χ3n) is 3.49. The van der Waals surface area contributed by atoms with Crippen molar-refractivity contribution in [2.45, 2.75) is 37.7 Å². The zero-order valence-electron chi connectivity index (χ0n) is 11.4. The van der Waals surface area contributed by atoms with Crippen LogP contribution < -0.4 is 0 Å². The highest BCUT2D eigenvalue weighted by atomic mass is 32.2. The first-order valence-electron chi connectivity index (χ1n) is 6.73. The van der Waals surface area contributed by atoms with Gasteiger partial charge in [0.05, 0.1) is 11.0 Å². The highest BCUT2D eigenvalue weighted by molar-refractivity contribution is 7.89. The maximum absolute atomic E-state index is 12.5. The van der Waals surface area contributed by atoms with E-state index in [-0.39, 0.29) is 4.90 Å². The second-order valence-corrected chi connectivity index (χ2v) is 7.09. The number of benzene rings is 1. The van der Waals surface area contributed by atoms with Gasteiger partial charge in [0, 0.05) is 13.1 Å². The Labute approximate surface area is 115 Å². The fraction of sp³-hybridized carbons (Fsp3) is 0.571. The van der Waals surface area contributed by atoms with Gasteiger partial charge in [-0.2, -0.15) is 4.31 Å². The molecule has 1 aliphatic carbocycles. The summed E-state index contributed by atoms with van der Waals surface area (Å²) < 4.78 is 26.6. The Morgan fingerprint density at radius 3 is 2.63 bits per heavy atom. The SMILES string of the molecule is CCN(CC1CC1)S(=O)(=O)c1cccc(C(C)O)c1. The Kier molecular flexibility index (Phi) is 4.28. The van der Waals surface area contributed by atoms with Crippen molar-refractivity contribution in [3.05, 3.63) is 29.8 Å². The van der Waals surface area contributed by atoms with Crippen molar-refractivity contribution in [2.75, 3.05) is 13.1 Å². The fourth-order valence-corrected chi connectivity index (χ4v) is 3.65. The van der Waals surface area contributed by atoms with Gasteiger partial charge in [-0.1, -0.05) is 19.1 Å². The van der Waals surface area contributed by atoms with Gasteiger partial charge in [0.1, 0.15) is 0 Å². The van der Waals surface area contributed by atoms with Crippen LogP contribution in [-0.4, -0.2) is 30.9 Å². The molecule has 0 amide bonds. The molecule has 1 atom stereocenters. The summed E-state index contributed by atoms with van der Waals surface area (Å²) in [5.41, 5.74) is 0.628. The van der Waals surface area contributed by atoms with Crippen LogP contribution in [0.25, 0.3) is 0 Å². The topological polar surface area (TPSA) is 57.6 Å². The van der Waals surface area contributed by atoms with E-state index in [2.05, 4.69) is 0 Å². The minimum absolute atomic E-state index is 0.272. The summed E-state index contributed by atoms with van der Waals surface area (Å²) in [6.45, 7) is 4.58. The summed E-state index contributed by atoms with van der Waals surface area (Å²) in [5, 5.41) is 9.56. The maximum atomic E-state index is 12.5. The monoisotopic (exact) mass is 283 g/mol. The molecule has 106 valence electrons. The average molecular weight is 283 g/mol. The molecule has 5 heteroatoms. The van der Waals surface area contributed by atoms with E-state index in [1.807, 2.05) is 6.92 Å². The molecule has 4 nitrogen and oxygen atoms in total. The van der Waals surface area contributed by atoms with E-state index in [1.165, 1.54) is 4.31 Å². The van der Waals surface area contributed by atoms with Gasteiger partial charge in [0.2, 0.25) is 10.0 Å². The third-order valence-corrected chi connectivity index (χ3v) is 5.43. The Balaban J connectivity index is 2.28. The number of nitrogens with zero attached hydrogens (tertiary/aromatic N) is 1. The molecule has 0 heterocycles. The number of rotatable bonds is 6. The molecule has 0 saturated heterocycles. The van der Waals surface area contributed by atoms with Gasteiger partial charge in [-0.25, -0.2) is 8.42 Å². The predicted molar refractivity (Wildman–Crippen MR) is 74.2 cm³/mol. The Hall–Kier alpha value is -0.910.